The van der Waals surface area contributed by atoms with Gasteiger partial charge in [-0.15, -0.1) is 0 Å². The molecule has 0 aliphatic rings. The van der Waals surface area contributed by atoms with Crippen molar-refractivity contribution in [1.29, 1.82) is 0 Å². The highest BCUT2D eigenvalue weighted by Crippen LogP contribution is 2.39. The van der Waals surface area contributed by atoms with Crippen LogP contribution in [0.5, 0.6) is 17.2 Å². The molecule has 0 aromatic heterocycles. The summed E-state index contributed by atoms with van der Waals surface area (Å²) in [5, 5.41) is -0.289. The Bertz CT molecular complexity index is 1220. The molecule has 0 saturated heterocycles. The molecule has 170 valence electrons. The molecular formula is C23H23ClFNO5S. The fourth-order valence-electron chi connectivity index (χ4n) is 3.36. The topological polar surface area (TPSA) is 65.1 Å². The van der Waals surface area contributed by atoms with Gasteiger partial charge in [-0.25, -0.2) is 12.8 Å². The van der Waals surface area contributed by atoms with E-state index >= 15 is 0 Å². The summed E-state index contributed by atoms with van der Waals surface area (Å²) in [5.74, 6) is 0.796. The van der Waals surface area contributed by atoms with E-state index in [1.54, 1.807) is 49.4 Å². The van der Waals surface area contributed by atoms with E-state index in [0.717, 1.165) is 12.1 Å². The maximum Gasteiger partial charge on any atom is 0.264 e. The number of benzene rings is 3. The molecule has 3 aromatic carbocycles. The Balaban J connectivity index is 2.24. The molecule has 6 nitrogen and oxygen atoms in total. The normalized spacial score (nSPS) is 12.2. The molecular weight excluding hydrogens is 457 g/mol. The van der Waals surface area contributed by atoms with Crippen LogP contribution in [-0.4, -0.2) is 29.7 Å². The van der Waals surface area contributed by atoms with Crippen LogP contribution in [0.4, 0.5) is 10.1 Å². The Morgan fingerprint density at radius 2 is 1.59 bits per heavy atom. The fraction of sp³-hybridized carbons (Fsp3) is 0.217. The number of methoxy groups -OCH3 is 3. The standard InChI is InChI=1S/C23H23ClFNO5S/c1-15(20-13-18(30-3)8-11-23(20)31-4)26(16-6-5-7-17(12-16)29-2)32(27,28)19-9-10-22(25)21(24)14-19/h5-15H,1-4H3. The maximum absolute atomic E-state index is 13.8. The van der Waals surface area contributed by atoms with Crippen LogP contribution < -0.4 is 18.5 Å². The summed E-state index contributed by atoms with van der Waals surface area (Å²) in [6.07, 6.45) is 0. The minimum absolute atomic E-state index is 0.152. The molecule has 0 aliphatic heterocycles. The zero-order valence-electron chi connectivity index (χ0n) is 18.0. The molecule has 1 unspecified atom stereocenters. The SMILES string of the molecule is COc1cccc(N(C(C)c2cc(OC)ccc2OC)S(=O)(=O)c2ccc(F)c(Cl)c2)c1. The van der Waals surface area contributed by atoms with E-state index < -0.39 is 21.9 Å². The van der Waals surface area contributed by atoms with E-state index in [0.29, 0.717) is 28.5 Å². The summed E-state index contributed by atoms with van der Waals surface area (Å²) < 4.78 is 58.6. The van der Waals surface area contributed by atoms with Gasteiger partial charge in [0, 0.05) is 11.6 Å². The Hall–Kier alpha value is -2.97. The van der Waals surface area contributed by atoms with Crippen LogP contribution in [0.3, 0.4) is 0 Å². The van der Waals surface area contributed by atoms with Crippen molar-refractivity contribution in [2.24, 2.45) is 0 Å². The lowest BCUT2D eigenvalue weighted by molar-refractivity contribution is 0.396. The molecule has 0 spiro atoms. The number of anilines is 1. The first-order chi connectivity index (χ1) is 15.2. The van der Waals surface area contributed by atoms with Gasteiger partial charge in [-0.1, -0.05) is 17.7 Å². The van der Waals surface area contributed by atoms with Gasteiger partial charge in [0.1, 0.15) is 23.1 Å². The first-order valence-electron chi connectivity index (χ1n) is 9.58. The molecule has 3 rings (SSSR count). The second kappa shape index (κ2) is 9.67. The summed E-state index contributed by atoms with van der Waals surface area (Å²) in [6, 6.07) is 14.3. The van der Waals surface area contributed by atoms with Crippen LogP contribution in [0.2, 0.25) is 5.02 Å². The van der Waals surface area contributed by atoms with E-state index in [-0.39, 0.29) is 9.92 Å². The third-order valence-electron chi connectivity index (χ3n) is 4.99. The first-order valence-corrected chi connectivity index (χ1v) is 11.4. The van der Waals surface area contributed by atoms with E-state index in [9.17, 15) is 12.8 Å². The largest absolute Gasteiger partial charge is 0.497 e. The summed E-state index contributed by atoms with van der Waals surface area (Å²) in [6.45, 7) is 1.72. The van der Waals surface area contributed by atoms with Gasteiger partial charge >= 0.3 is 0 Å². The molecule has 0 aliphatic carbocycles. The Morgan fingerprint density at radius 1 is 0.906 bits per heavy atom. The van der Waals surface area contributed by atoms with Crippen molar-refractivity contribution in [3.63, 3.8) is 0 Å². The van der Waals surface area contributed by atoms with Gasteiger partial charge in [0.25, 0.3) is 10.0 Å². The molecule has 0 heterocycles. The summed E-state index contributed by atoms with van der Waals surface area (Å²) in [4.78, 5) is -0.152. The van der Waals surface area contributed by atoms with Crippen molar-refractivity contribution < 1.29 is 27.0 Å². The average Bonchev–Trinajstić information content (AvgIpc) is 2.80. The van der Waals surface area contributed by atoms with E-state index in [1.165, 1.54) is 31.7 Å². The van der Waals surface area contributed by atoms with E-state index in [1.807, 2.05) is 0 Å². The third-order valence-corrected chi connectivity index (χ3v) is 7.18. The minimum atomic E-state index is -4.18. The summed E-state index contributed by atoms with van der Waals surface area (Å²) in [5.41, 5.74) is 0.925. The minimum Gasteiger partial charge on any atom is -0.497 e. The molecule has 0 amide bonds. The molecule has 0 saturated carbocycles. The van der Waals surface area contributed by atoms with Crippen molar-refractivity contribution in [2.45, 2.75) is 17.9 Å². The van der Waals surface area contributed by atoms with Gasteiger partial charge in [0.15, 0.2) is 0 Å². The predicted molar refractivity (Wildman–Crippen MR) is 122 cm³/mol. The van der Waals surface area contributed by atoms with Gasteiger partial charge in [-0.05, 0) is 55.5 Å². The fourth-order valence-corrected chi connectivity index (χ4v) is 5.26. The molecule has 32 heavy (non-hydrogen) atoms. The number of rotatable bonds is 8. The molecule has 3 aromatic rings. The van der Waals surface area contributed by atoms with Crippen molar-refractivity contribution in [2.75, 3.05) is 25.6 Å². The number of nitrogens with zero attached hydrogens (tertiary/aromatic N) is 1. The van der Waals surface area contributed by atoms with Crippen molar-refractivity contribution in [1.82, 2.24) is 0 Å². The van der Waals surface area contributed by atoms with Gasteiger partial charge in [0.2, 0.25) is 0 Å². The second-order valence-corrected chi connectivity index (χ2v) is 9.08. The molecule has 0 radical (unpaired) electrons. The monoisotopic (exact) mass is 479 g/mol. The van der Waals surface area contributed by atoms with Crippen LogP contribution in [0.15, 0.2) is 65.6 Å². The van der Waals surface area contributed by atoms with Crippen LogP contribution in [-0.2, 0) is 10.0 Å². The van der Waals surface area contributed by atoms with Crippen LogP contribution in [0.1, 0.15) is 18.5 Å². The number of sulfonamides is 1. The second-order valence-electron chi connectivity index (χ2n) is 6.86. The number of hydrogen-bond acceptors (Lipinski definition) is 5. The lowest BCUT2D eigenvalue weighted by Gasteiger charge is -2.32. The molecule has 9 heteroatoms. The van der Waals surface area contributed by atoms with Crippen LogP contribution >= 0.6 is 11.6 Å². The predicted octanol–water partition coefficient (Wildman–Crippen LogP) is 5.46. The quantitative estimate of drug-likeness (QED) is 0.429. The Morgan fingerprint density at radius 3 is 2.22 bits per heavy atom. The highest BCUT2D eigenvalue weighted by atomic mass is 35.5. The number of ether oxygens (including phenoxy) is 3. The smallest absolute Gasteiger partial charge is 0.264 e. The molecule has 1 atom stereocenters. The van der Waals surface area contributed by atoms with Gasteiger partial charge < -0.3 is 14.2 Å². The lowest BCUT2D eigenvalue weighted by atomic mass is 10.1. The lowest BCUT2D eigenvalue weighted by Crippen LogP contribution is -2.34. The number of hydrogen-bond donors (Lipinski definition) is 0. The van der Waals surface area contributed by atoms with Gasteiger partial charge in [-0.2, -0.15) is 0 Å². The van der Waals surface area contributed by atoms with Crippen molar-refractivity contribution in [3.05, 3.63) is 77.1 Å². The van der Waals surface area contributed by atoms with E-state index in [4.69, 9.17) is 25.8 Å². The highest BCUT2D eigenvalue weighted by molar-refractivity contribution is 7.92. The Kier molecular flexibility index (Phi) is 7.16. The van der Waals surface area contributed by atoms with Gasteiger partial charge in [0.05, 0.1) is 43.0 Å². The van der Waals surface area contributed by atoms with Crippen molar-refractivity contribution >= 4 is 27.3 Å². The molecule has 0 fully saturated rings. The summed E-state index contributed by atoms with van der Waals surface area (Å²) in [7, 11) is 0.336. The average molecular weight is 480 g/mol. The third kappa shape index (κ3) is 4.61. The zero-order chi connectivity index (χ0) is 23.5. The van der Waals surface area contributed by atoms with Crippen LogP contribution in [0, 0.1) is 5.82 Å². The summed E-state index contributed by atoms with van der Waals surface area (Å²) >= 11 is 5.89. The van der Waals surface area contributed by atoms with Gasteiger partial charge in [-0.3, -0.25) is 4.31 Å². The highest BCUT2D eigenvalue weighted by Gasteiger charge is 2.33. The number of halogens is 2. The first kappa shape index (κ1) is 23.7. The Labute approximate surface area is 192 Å². The maximum atomic E-state index is 13.8. The van der Waals surface area contributed by atoms with Crippen molar-refractivity contribution in [3.8, 4) is 17.2 Å². The molecule has 0 bridgehead atoms. The van der Waals surface area contributed by atoms with E-state index in [2.05, 4.69) is 0 Å². The zero-order valence-corrected chi connectivity index (χ0v) is 19.6. The van der Waals surface area contributed by atoms with Crippen LogP contribution in [0.25, 0.3) is 0 Å². The molecule has 0 N–H and O–H groups in total.